The maximum absolute atomic E-state index is 13.3. The summed E-state index contributed by atoms with van der Waals surface area (Å²) in [5.74, 6) is 0.641. The Morgan fingerprint density at radius 1 is 0.917 bits per heavy atom. The summed E-state index contributed by atoms with van der Waals surface area (Å²) in [6, 6.07) is 25.4. The molecule has 1 amide bonds. The summed E-state index contributed by atoms with van der Waals surface area (Å²) >= 11 is 0. The minimum atomic E-state index is -0.527. The quantitative estimate of drug-likeness (QED) is 0.316. The van der Waals surface area contributed by atoms with Crippen LogP contribution in [0.2, 0.25) is 0 Å². The maximum atomic E-state index is 13.3. The van der Waals surface area contributed by atoms with Gasteiger partial charge < -0.3 is 10.1 Å². The van der Waals surface area contributed by atoms with E-state index in [0.717, 1.165) is 18.5 Å². The van der Waals surface area contributed by atoms with Crippen LogP contribution in [0.15, 0.2) is 95.9 Å². The molecule has 0 aliphatic heterocycles. The number of para-hydroxylation sites is 2. The van der Waals surface area contributed by atoms with Crippen LogP contribution in [0.1, 0.15) is 30.1 Å². The average Bonchev–Trinajstić information content (AvgIpc) is 3.34. The van der Waals surface area contributed by atoms with Crippen molar-refractivity contribution in [3.8, 4) is 17.1 Å². The van der Waals surface area contributed by atoms with E-state index in [1.54, 1.807) is 47.3 Å². The molecule has 8 nitrogen and oxygen atoms in total. The van der Waals surface area contributed by atoms with Gasteiger partial charge >= 0.3 is 5.69 Å². The van der Waals surface area contributed by atoms with Crippen LogP contribution in [-0.2, 0) is 0 Å². The molecule has 0 saturated heterocycles. The number of amides is 1. The van der Waals surface area contributed by atoms with Crippen molar-refractivity contribution in [2.45, 2.75) is 19.8 Å². The number of nitrogens with one attached hydrogen (secondary N) is 1. The zero-order chi connectivity index (χ0) is 24.9. The van der Waals surface area contributed by atoms with Gasteiger partial charge in [0.15, 0.2) is 5.65 Å². The second-order valence-electron chi connectivity index (χ2n) is 8.22. The fraction of sp³-hybridized carbons (Fsp3) is 0.143. The number of rotatable bonds is 8. The van der Waals surface area contributed by atoms with E-state index in [9.17, 15) is 9.59 Å². The Bertz CT molecular complexity index is 1540. The molecule has 0 unspecified atom stereocenters. The highest BCUT2D eigenvalue weighted by Crippen LogP contribution is 2.26. The number of unbranched alkanes of at least 4 members (excludes halogenated alkanes) is 1. The largest absolute Gasteiger partial charge is 0.494 e. The highest BCUT2D eigenvalue weighted by molar-refractivity contribution is 6.07. The van der Waals surface area contributed by atoms with Crippen molar-refractivity contribution in [3.05, 3.63) is 107 Å². The predicted molar refractivity (Wildman–Crippen MR) is 139 cm³/mol. The van der Waals surface area contributed by atoms with Crippen molar-refractivity contribution < 1.29 is 9.53 Å². The molecule has 5 aromatic rings. The summed E-state index contributed by atoms with van der Waals surface area (Å²) in [5, 5.41) is 7.94. The van der Waals surface area contributed by atoms with E-state index in [-0.39, 0.29) is 5.91 Å². The second-order valence-corrected chi connectivity index (χ2v) is 8.22. The summed E-state index contributed by atoms with van der Waals surface area (Å²) in [4.78, 5) is 30.9. The van der Waals surface area contributed by atoms with E-state index >= 15 is 0 Å². The number of carbonyl (C=O) groups excluding carboxylic acids is 1. The van der Waals surface area contributed by atoms with Gasteiger partial charge in [0.2, 0.25) is 0 Å². The first-order valence-electron chi connectivity index (χ1n) is 11.8. The molecule has 0 spiro atoms. The number of hydrogen-bond donors (Lipinski definition) is 1. The van der Waals surface area contributed by atoms with Crippen molar-refractivity contribution in [3.63, 3.8) is 0 Å². The molecule has 0 atom stereocenters. The van der Waals surface area contributed by atoms with Crippen molar-refractivity contribution in [2.24, 2.45) is 0 Å². The van der Waals surface area contributed by atoms with E-state index in [1.165, 1.54) is 4.57 Å². The molecule has 0 radical (unpaired) electrons. The molecule has 0 saturated carbocycles. The Balaban J connectivity index is 1.57. The van der Waals surface area contributed by atoms with Gasteiger partial charge in [-0.15, -0.1) is 0 Å². The zero-order valence-electron chi connectivity index (χ0n) is 19.8. The Kier molecular flexibility index (Phi) is 6.57. The lowest BCUT2D eigenvalue weighted by atomic mass is 10.2. The topological polar surface area (TPSA) is 91.0 Å². The lowest BCUT2D eigenvalue weighted by Gasteiger charge is -2.15. The third kappa shape index (κ3) is 4.61. The Morgan fingerprint density at radius 3 is 2.25 bits per heavy atom. The maximum Gasteiger partial charge on any atom is 0.355 e. The van der Waals surface area contributed by atoms with Gasteiger partial charge in [0.05, 0.1) is 29.6 Å². The van der Waals surface area contributed by atoms with Gasteiger partial charge in [-0.05, 0) is 55.0 Å². The molecular formula is C28H25N5O3. The molecular weight excluding hydrogens is 454 g/mol. The third-order valence-electron chi connectivity index (χ3n) is 5.75. The molecule has 180 valence electrons. The molecule has 0 aliphatic carbocycles. The van der Waals surface area contributed by atoms with Crippen LogP contribution in [0.25, 0.3) is 22.4 Å². The molecule has 0 aliphatic rings. The first kappa shape index (κ1) is 23.0. The molecule has 3 aromatic carbocycles. The normalized spacial score (nSPS) is 10.9. The smallest absolute Gasteiger partial charge is 0.355 e. The number of benzene rings is 3. The summed E-state index contributed by atoms with van der Waals surface area (Å²) in [7, 11) is 0. The van der Waals surface area contributed by atoms with Gasteiger partial charge in [0.1, 0.15) is 11.6 Å². The Morgan fingerprint density at radius 2 is 1.58 bits per heavy atom. The van der Waals surface area contributed by atoms with Gasteiger partial charge in [-0.1, -0.05) is 49.7 Å². The standard InChI is InChI=1S/C28H25N5O3/c1-2-3-18-36-23-16-14-20(15-17-23)27(34)30-25-24-19-29-33(22-12-8-5-9-13-22)26(24)31-28(35)32(25)21-10-6-4-7-11-21/h4-17,19H,2-3,18H2,1H3,(H,30,34). The van der Waals surface area contributed by atoms with E-state index in [1.807, 2.05) is 48.5 Å². The molecule has 2 aromatic heterocycles. The van der Waals surface area contributed by atoms with Crippen molar-refractivity contribution in [1.82, 2.24) is 19.3 Å². The van der Waals surface area contributed by atoms with Crippen LogP contribution in [0.4, 0.5) is 5.82 Å². The number of ether oxygens (including phenoxy) is 1. The molecule has 5 rings (SSSR count). The van der Waals surface area contributed by atoms with Gasteiger partial charge in [0, 0.05) is 5.56 Å². The Hall–Kier alpha value is -4.72. The average molecular weight is 480 g/mol. The molecule has 1 N–H and O–H groups in total. The van der Waals surface area contributed by atoms with Crippen LogP contribution >= 0.6 is 0 Å². The number of fused-ring (bicyclic) bond motifs is 1. The molecule has 2 heterocycles. The van der Waals surface area contributed by atoms with Crippen LogP contribution in [0.5, 0.6) is 5.75 Å². The number of nitrogens with zero attached hydrogens (tertiary/aromatic N) is 4. The summed E-state index contributed by atoms with van der Waals surface area (Å²) in [6.07, 6.45) is 3.62. The summed E-state index contributed by atoms with van der Waals surface area (Å²) in [5.41, 5.74) is 1.60. The fourth-order valence-electron chi connectivity index (χ4n) is 3.89. The van der Waals surface area contributed by atoms with Gasteiger partial charge in [-0.2, -0.15) is 10.1 Å². The zero-order valence-corrected chi connectivity index (χ0v) is 19.8. The fourth-order valence-corrected chi connectivity index (χ4v) is 3.89. The van der Waals surface area contributed by atoms with E-state index in [2.05, 4.69) is 22.3 Å². The molecule has 36 heavy (non-hydrogen) atoms. The van der Waals surface area contributed by atoms with E-state index in [4.69, 9.17) is 4.74 Å². The van der Waals surface area contributed by atoms with Crippen LogP contribution in [0.3, 0.4) is 0 Å². The van der Waals surface area contributed by atoms with Crippen molar-refractivity contribution >= 4 is 22.8 Å². The number of anilines is 1. The first-order chi connectivity index (χ1) is 17.7. The Labute approximate surface area is 207 Å². The van der Waals surface area contributed by atoms with Crippen molar-refractivity contribution in [1.29, 1.82) is 0 Å². The molecule has 8 heteroatoms. The summed E-state index contributed by atoms with van der Waals surface area (Å²) in [6.45, 7) is 2.73. The monoisotopic (exact) mass is 479 g/mol. The first-order valence-corrected chi connectivity index (χ1v) is 11.8. The number of hydrogen-bond acceptors (Lipinski definition) is 5. The van der Waals surface area contributed by atoms with Crippen LogP contribution in [-0.4, -0.2) is 31.8 Å². The lowest BCUT2D eigenvalue weighted by molar-refractivity contribution is 0.102. The highest BCUT2D eigenvalue weighted by Gasteiger charge is 2.20. The van der Waals surface area contributed by atoms with E-state index < -0.39 is 5.69 Å². The number of aromatic nitrogens is 4. The second kappa shape index (κ2) is 10.3. The molecule has 0 fully saturated rings. The highest BCUT2D eigenvalue weighted by atomic mass is 16.5. The minimum Gasteiger partial charge on any atom is -0.494 e. The minimum absolute atomic E-state index is 0.298. The van der Waals surface area contributed by atoms with Crippen LogP contribution < -0.4 is 15.7 Å². The third-order valence-corrected chi connectivity index (χ3v) is 5.75. The van der Waals surface area contributed by atoms with Crippen LogP contribution in [0, 0.1) is 0 Å². The van der Waals surface area contributed by atoms with Crippen molar-refractivity contribution in [2.75, 3.05) is 11.9 Å². The molecule has 0 bridgehead atoms. The summed E-state index contributed by atoms with van der Waals surface area (Å²) < 4.78 is 8.67. The van der Waals surface area contributed by atoms with Gasteiger partial charge in [0.25, 0.3) is 5.91 Å². The lowest BCUT2D eigenvalue weighted by Crippen LogP contribution is -2.27. The number of carbonyl (C=O) groups is 1. The van der Waals surface area contributed by atoms with Gasteiger partial charge in [-0.25, -0.2) is 14.0 Å². The SMILES string of the molecule is CCCCOc1ccc(C(=O)Nc2c3cnn(-c4ccccc4)c3nc(=O)n2-c2ccccc2)cc1. The van der Waals surface area contributed by atoms with Gasteiger partial charge in [-0.3, -0.25) is 4.79 Å². The predicted octanol–water partition coefficient (Wildman–Crippen LogP) is 5.00. The van der Waals surface area contributed by atoms with E-state index in [0.29, 0.717) is 40.5 Å².